The van der Waals surface area contributed by atoms with Crippen LogP contribution in [-0.2, 0) is 18.4 Å². The molecule has 0 spiro atoms. The maximum absolute atomic E-state index is 11.9. The molecule has 0 radical (unpaired) electrons. The van der Waals surface area contributed by atoms with E-state index in [1.165, 1.54) is 19.2 Å². The van der Waals surface area contributed by atoms with Crippen LogP contribution in [0.4, 0.5) is 0 Å². The number of carbonyl (C=O) groups excluding carboxylic acids is 1. The highest BCUT2D eigenvalue weighted by atomic mass is 16.1. The summed E-state index contributed by atoms with van der Waals surface area (Å²) in [6.45, 7) is 3.77. The third-order valence-corrected chi connectivity index (χ3v) is 3.89. The van der Waals surface area contributed by atoms with Crippen LogP contribution < -0.4 is 16.0 Å². The van der Waals surface area contributed by atoms with Crippen LogP contribution in [0.15, 0.2) is 11.3 Å². The molecule has 128 valence electrons. The molecule has 2 rings (SSSR count). The molecule has 3 N–H and O–H groups in total. The van der Waals surface area contributed by atoms with Gasteiger partial charge >= 0.3 is 0 Å². The summed E-state index contributed by atoms with van der Waals surface area (Å²) in [4.78, 5) is 20.5. The summed E-state index contributed by atoms with van der Waals surface area (Å²) in [5, 5.41) is 13.4. The summed E-state index contributed by atoms with van der Waals surface area (Å²) in [6.07, 6.45) is 6.64. The van der Waals surface area contributed by atoms with E-state index < -0.39 is 0 Å². The monoisotopic (exact) mass is 321 g/mol. The second-order valence-electron chi connectivity index (χ2n) is 5.72. The van der Waals surface area contributed by atoms with Gasteiger partial charge in [-0.3, -0.25) is 9.48 Å². The van der Waals surface area contributed by atoms with Crippen molar-refractivity contribution in [3.05, 3.63) is 12.2 Å². The van der Waals surface area contributed by atoms with Crippen LogP contribution in [0.5, 0.6) is 0 Å². The Kier molecular flexibility index (Phi) is 6.83. The summed E-state index contributed by atoms with van der Waals surface area (Å²) in [7, 11) is 1.84. The van der Waals surface area contributed by atoms with Crippen molar-refractivity contribution in [2.75, 3.05) is 13.1 Å². The largest absolute Gasteiger partial charge is 0.357 e. The molecule has 1 aliphatic carbocycles. The molecule has 8 heteroatoms. The SMILES string of the molecule is CCNC(=NCc1ncnn1C)NCCC(=O)NC1CCCC1. The lowest BCUT2D eigenvalue weighted by molar-refractivity contribution is -0.121. The van der Waals surface area contributed by atoms with E-state index in [2.05, 4.69) is 31.0 Å². The summed E-state index contributed by atoms with van der Waals surface area (Å²) in [6, 6.07) is 0.375. The Labute approximate surface area is 137 Å². The zero-order valence-corrected chi connectivity index (χ0v) is 14.0. The Bertz CT molecular complexity index is 520. The number of rotatable bonds is 7. The standard InChI is InChI=1S/C15H27N7O/c1-3-16-15(18-10-13-19-11-20-22(13)2)17-9-8-14(23)21-12-6-4-5-7-12/h11-12H,3-10H2,1-2H3,(H,21,23)(H2,16,17,18). The van der Waals surface area contributed by atoms with Gasteiger partial charge in [0, 0.05) is 32.6 Å². The fourth-order valence-electron chi connectivity index (χ4n) is 2.62. The molecule has 0 aromatic carbocycles. The van der Waals surface area contributed by atoms with Crippen LogP contribution in [-0.4, -0.2) is 45.8 Å². The summed E-state index contributed by atoms with van der Waals surface area (Å²) >= 11 is 0. The third kappa shape index (κ3) is 5.88. The number of amides is 1. The van der Waals surface area contributed by atoms with Gasteiger partial charge in [0.25, 0.3) is 0 Å². The van der Waals surface area contributed by atoms with Crippen molar-refractivity contribution >= 4 is 11.9 Å². The second kappa shape index (κ2) is 9.12. The predicted octanol–water partition coefficient (Wildman–Crippen LogP) is 0.319. The van der Waals surface area contributed by atoms with Gasteiger partial charge in [-0.25, -0.2) is 9.98 Å². The molecular weight excluding hydrogens is 294 g/mol. The molecule has 1 heterocycles. The van der Waals surface area contributed by atoms with Gasteiger partial charge in [0.2, 0.25) is 5.91 Å². The first kappa shape index (κ1) is 17.2. The van der Waals surface area contributed by atoms with Gasteiger partial charge < -0.3 is 16.0 Å². The summed E-state index contributed by atoms with van der Waals surface area (Å²) < 4.78 is 1.70. The Balaban J connectivity index is 1.73. The molecule has 0 atom stereocenters. The number of aryl methyl sites for hydroxylation is 1. The maximum Gasteiger partial charge on any atom is 0.221 e. The molecule has 8 nitrogen and oxygen atoms in total. The highest BCUT2D eigenvalue weighted by Crippen LogP contribution is 2.17. The first-order valence-electron chi connectivity index (χ1n) is 8.33. The highest BCUT2D eigenvalue weighted by molar-refractivity contribution is 5.81. The normalized spacial score (nSPS) is 15.7. The van der Waals surface area contributed by atoms with E-state index in [1.54, 1.807) is 4.68 Å². The lowest BCUT2D eigenvalue weighted by Crippen LogP contribution is -2.40. The van der Waals surface area contributed by atoms with Crippen molar-refractivity contribution in [1.29, 1.82) is 0 Å². The smallest absolute Gasteiger partial charge is 0.221 e. The Hall–Kier alpha value is -2.12. The van der Waals surface area contributed by atoms with Crippen LogP contribution in [0.1, 0.15) is 44.9 Å². The van der Waals surface area contributed by atoms with Crippen molar-refractivity contribution < 1.29 is 4.79 Å². The van der Waals surface area contributed by atoms with E-state index in [9.17, 15) is 4.79 Å². The Morgan fingerprint density at radius 1 is 1.39 bits per heavy atom. The molecule has 1 saturated carbocycles. The quantitative estimate of drug-likeness (QED) is 0.496. The van der Waals surface area contributed by atoms with Gasteiger partial charge in [0.05, 0.1) is 0 Å². The third-order valence-electron chi connectivity index (χ3n) is 3.89. The zero-order valence-electron chi connectivity index (χ0n) is 14.0. The van der Waals surface area contributed by atoms with Crippen molar-refractivity contribution in [1.82, 2.24) is 30.7 Å². The number of carbonyl (C=O) groups is 1. The van der Waals surface area contributed by atoms with E-state index in [0.717, 1.165) is 25.2 Å². The van der Waals surface area contributed by atoms with Crippen molar-refractivity contribution in [2.24, 2.45) is 12.0 Å². The van der Waals surface area contributed by atoms with Crippen molar-refractivity contribution in [3.63, 3.8) is 0 Å². The van der Waals surface area contributed by atoms with Crippen LogP contribution in [0.3, 0.4) is 0 Å². The number of nitrogens with one attached hydrogen (secondary N) is 3. The van der Waals surface area contributed by atoms with E-state index >= 15 is 0 Å². The first-order chi connectivity index (χ1) is 11.2. The molecule has 1 aliphatic rings. The Morgan fingerprint density at radius 2 is 2.17 bits per heavy atom. The number of guanidine groups is 1. The van der Waals surface area contributed by atoms with E-state index in [0.29, 0.717) is 31.5 Å². The van der Waals surface area contributed by atoms with E-state index in [-0.39, 0.29) is 5.91 Å². The second-order valence-corrected chi connectivity index (χ2v) is 5.72. The number of aromatic nitrogens is 3. The average Bonchev–Trinajstić information content (AvgIpc) is 3.16. The minimum absolute atomic E-state index is 0.105. The fourth-order valence-corrected chi connectivity index (χ4v) is 2.62. The number of aliphatic imine (C=N–C) groups is 1. The molecule has 1 fully saturated rings. The van der Waals surface area contributed by atoms with Crippen LogP contribution >= 0.6 is 0 Å². The average molecular weight is 321 g/mol. The molecule has 1 aromatic rings. The van der Waals surface area contributed by atoms with Gasteiger partial charge in [-0.05, 0) is 19.8 Å². The van der Waals surface area contributed by atoms with Gasteiger partial charge in [-0.2, -0.15) is 5.10 Å². The van der Waals surface area contributed by atoms with Gasteiger partial charge in [-0.15, -0.1) is 0 Å². The highest BCUT2D eigenvalue weighted by Gasteiger charge is 2.16. The van der Waals surface area contributed by atoms with E-state index in [1.807, 2.05) is 14.0 Å². The number of hydrogen-bond acceptors (Lipinski definition) is 4. The lowest BCUT2D eigenvalue weighted by Gasteiger charge is -2.13. The minimum atomic E-state index is 0.105. The van der Waals surface area contributed by atoms with Gasteiger partial charge in [0.15, 0.2) is 5.96 Å². The predicted molar refractivity (Wildman–Crippen MR) is 88.8 cm³/mol. The maximum atomic E-state index is 11.9. The molecular formula is C15H27N7O. The molecule has 1 aromatic heterocycles. The molecule has 0 unspecified atom stereocenters. The molecule has 0 bridgehead atoms. The minimum Gasteiger partial charge on any atom is -0.357 e. The molecule has 1 amide bonds. The Morgan fingerprint density at radius 3 is 2.83 bits per heavy atom. The van der Waals surface area contributed by atoms with Gasteiger partial charge in [0.1, 0.15) is 18.7 Å². The van der Waals surface area contributed by atoms with Crippen LogP contribution in [0.25, 0.3) is 0 Å². The summed E-state index contributed by atoms with van der Waals surface area (Å²) in [5.41, 5.74) is 0. The lowest BCUT2D eigenvalue weighted by atomic mass is 10.2. The van der Waals surface area contributed by atoms with Gasteiger partial charge in [-0.1, -0.05) is 12.8 Å². The van der Waals surface area contributed by atoms with E-state index in [4.69, 9.17) is 0 Å². The van der Waals surface area contributed by atoms with Crippen molar-refractivity contribution in [2.45, 2.75) is 51.6 Å². The molecule has 23 heavy (non-hydrogen) atoms. The summed E-state index contributed by atoms with van der Waals surface area (Å²) in [5.74, 6) is 1.58. The fraction of sp³-hybridized carbons (Fsp3) is 0.733. The topological polar surface area (TPSA) is 96.2 Å². The molecule has 0 saturated heterocycles. The first-order valence-corrected chi connectivity index (χ1v) is 8.33. The van der Waals surface area contributed by atoms with Crippen molar-refractivity contribution in [3.8, 4) is 0 Å². The molecule has 0 aliphatic heterocycles. The van der Waals surface area contributed by atoms with Crippen LogP contribution in [0, 0.1) is 0 Å². The zero-order chi connectivity index (χ0) is 16.5. The van der Waals surface area contributed by atoms with Crippen LogP contribution in [0.2, 0.25) is 0 Å². The number of nitrogens with zero attached hydrogens (tertiary/aromatic N) is 4. The number of hydrogen-bond donors (Lipinski definition) is 3.